The number of nitrogens with one attached hydrogen (secondary N) is 1. The lowest BCUT2D eigenvalue weighted by molar-refractivity contribution is -0.138. The fourth-order valence-corrected chi connectivity index (χ4v) is 1.96. The highest BCUT2D eigenvalue weighted by Gasteiger charge is 2.17. The summed E-state index contributed by atoms with van der Waals surface area (Å²) in [5.74, 6) is -1.10. The molecule has 116 valence electrons. The van der Waals surface area contributed by atoms with Crippen molar-refractivity contribution < 1.29 is 19.4 Å². The molecule has 2 N–H and O–H groups in total. The molecule has 1 atom stereocenters. The summed E-state index contributed by atoms with van der Waals surface area (Å²) in [6, 6.07) is 1.76. The summed E-state index contributed by atoms with van der Waals surface area (Å²) in [6.45, 7) is 1.72. The van der Waals surface area contributed by atoms with Gasteiger partial charge in [0.05, 0.1) is 12.8 Å². The quantitative estimate of drug-likeness (QED) is 0.793. The second kappa shape index (κ2) is 7.47. The molecule has 1 heterocycles. The molecule has 0 aliphatic carbocycles. The lowest BCUT2D eigenvalue weighted by Gasteiger charge is -2.19. The molecule has 0 spiro atoms. The normalized spacial score (nSPS) is 11.6. The number of aliphatic carboxylic acids is 1. The van der Waals surface area contributed by atoms with Crippen molar-refractivity contribution in [2.75, 3.05) is 31.4 Å². The van der Waals surface area contributed by atoms with E-state index in [-0.39, 0.29) is 24.7 Å². The van der Waals surface area contributed by atoms with Crippen LogP contribution in [0, 0.1) is 5.92 Å². The van der Waals surface area contributed by atoms with Crippen molar-refractivity contribution in [1.82, 2.24) is 4.98 Å². The second-order valence-electron chi connectivity index (χ2n) is 5.06. The van der Waals surface area contributed by atoms with Gasteiger partial charge in [-0.05, 0) is 12.0 Å². The molecule has 1 rings (SSSR count). The van der Waals surface area contributed by atoms with E-state index < -0.39 is 5.97 Å². The average Bonchev–Trinajstić information content (AvgIpc) is 2.37. The fraction of sp³-hybridized carbons (Fsp3) is 0.500. The minimum atomic E-state index is -0.914. The van der Waals surface area contributed by atoms with Gasteiger partial charge in [-0.2, -0.15) is 0 Å². The molecular weight excluding hydrogens is 274 g/mol. The first-order valence-electron chi connectivity index (χ1n) is 6.57. The highest BCUT2D eigenvalue weighted by Crippen LogP contribution is 2.32. The van der Waals surface area contributed by atoms with Crippen LogP contribution in [0.5, 0.6) is 5.88 Å². The topological polar surface area (TPSA) is 91.8 Å². The Bertz CT molecular complexity index is 517. The molecule has 0 fully saturated rings. The first kappa shape index (κ1) is 16.7. The number of anilines is 2. The monoisotopic (exact) mass is 295 g/mol. The van der Waals surface area contributed by atoms with E-state index in [2.05, 4.69) is 10.3 Å². The van der Waals surface area contributed by atoms with Crippen molar-refractivity contribution in [3.05, 3.63) is 12.3 Å². The van der Waals surface area contributed by atoms with Crippen LogP contribution in [0.4, 0.5) is 11.4 Å². The largest absolute Gasteiger partial charge is 0.481 e. The van der Waals surface area contributed by atoms with Crippen LogP contribution in [0.15, 0.2) is 12.3 Å². The lowest BCUT2D eigenvalue weighted by Crippen LogP contribution is -2.20. The maximum Gasteiger partial charge on any atom is 0.303 e. The molecule has 1 unspecified atom stereocenters. The molecule has 0 bridgehead atoms. The Morgan fingerprint density at radius 3 is 2.62 bits per heavy atom. The Kier molecular flexibility index (Phi) is 5.95. The van der Waals surface area contributed by atoms with Gasteiger partial charge in [0.25, 0.3) is 0 Å². The number of carboxylic acid groups (broad SMARTS) is 1. The Labute approximate surface area is 123 Å². The van der Waals surface area contributed by atoms with Gasteiger partial charge in [0.1, 0.15) is 5.69 Å². The summed E-state index contributed by atoms with van der Waals surface area (Å²) in [5.41, 5.74) is 1.25. The number of pyridine rings is 1. The molecule has 7 nitrogen and oxygen atoms in total. The van der Waals surface area contributed by atoms with Crippen LogP contribution in [0.3, 0.4) is 0 Å². The summed E-state index contributed by atoms with van der Waals surface area (Å²) in [4.78, 5) is 28.6. The zero-order chi connectivity index (χ0) is 16.0. The number of nitrogens with zero attached hydrogens (tertiary/aromatic N) is 2. The van der Waals surface area contributed by atoms with E-state index in [0.717, 1.165) is 5.69 Å². The SMILES string of the molecule is COc1nccc(N(C)C)c1NC(=O)CC(C)CC(=O)O. The smallest absolute Gasteiger partial charge is 0.303 e. The Morgan fingerprint density at radius 1 is 1.43 bits per heavy atom. The third kappa shape index (κ3) is 4.94. The minimum absolute atomic E-state index is 0.0435. The van der Waals surface area contributed by atoms with Crippen LogP contribution in [0.2, 0.25) is 0 Å². The van der Waals surface area contributed by atoms with E-state index >= 15 is 0 Å². The number of methoxy groups -OCH3 is 1. The van der Waals surface area contributed by atoms with Gasteiger partial charge in [-0.15, -0.1) is 0 Å². The second-order valence-corrected chi connectivity index (χ2v) is 5.06. The van der Waals surface area contributed by atoms with E-state index in [1.807, 2.05) is 19.0 Å². The molecule has 0 aliphatic heterocycles. The average molecular weight is 295 g/mol. The van der Waals surface area contributed by atoms with Crippen LogP contribution in [0.25, 0.3) is 0 Å². The molecule has 1 aromatic rings. The first-order valence-corrected chi connectivity index (χ1v) is 6.57. The minimum Gasteiger partial charge on any atom is -0.481 e. The molecule has 0 saturated heterocycles. The van der Waals surface area contributed by atoms with Gasteiger partial charge < -0.3 is 20.1 Å². The van der Waals surface area contributed by atoms with Crippen molar-refractivity contribution in [2.45, 2.75) is 19.8 Å². The van der Waals surface area contributed by atoms with Crippen molar-refractivity contribution in [3.63, 3.8) is 0 Å². The zero-order valence-corrected chi connectivity index (χ0v) is 12.7. The molecule has 0 radical (unpaired) electrons. The lowest BCUT2D eigenvalue weighted by atomic mass is 10.0. The van der Waals surface area contributed by atoms with E-state index in [4.69, 9.17) is 9.84 Å². The summed E-state index contributed by atoms with van der Waals surface area (Å²) in [6.07, 6.45) is 1.67. The van der Waals surface area contributed by atoms with Crippen LogP contribution in [-0.4, -0.2) is 43.2 Å². The van der Waals surface area contributed by atoms with Crippen molar-refractivity contribution in [3.8, 4) is 5.88 Å². The third-order valence-electron chi connectivity index (χ3n) is 2.89. The Morgan fingerprint density at radius 2 is 2.10 bits per heavy atom. The predicted molar refractivity (Wildman–Crippen MR) is 79.8 cm³/mol. The van der Waals surface area contributed by atoms with Gasteiger partial charge >= 0.3 is 5.97 Å². The fourth-order valence-electron chi connectivity index (χ4n) is 1.96. The molecule has 0 saturated carbocycles. The summed E-state index contributed by atoms with van der Waals surface area (Å²) in [7, 11) is 5.17. The van der Waals surface area contributed by atoms with Crippen LogP contribution < -0.4 is 15.0 Å². The molecule has 1 amide bonds. The van der Waals surface area contributed by atoms with Gasteiger partial charge in [0, 0.05) is 33.1 Å². The van der Waals surface area contributed by atoms with E-state index in [1.165, 1.54) is 7.11 Å². The number of hydrogen-bond donors (Lipinski definition) is 2. The van der Waals surface area contributed by atoms with Crippen molar-refractivity contribution in [1.29, 1.82) is 0 Å². The number of ether oxygens (including phenoxy) is 1. The Hall–Kier alpha value is -2.31. The highest BCUT2D eigenvalue weighted by atomic mass is 16.5. The number of hydrogen-bond acceptors (Lipinski definition) is 5. The first-order chi connectivity index (χ1) is 9.85. The maximum absolute atomic E-state index is 12.0. The number of carboxylic acids is 1. The van der Waals surface area contributed by atoms with Gasteiger partial charge in [-0.25, -0.2) is 4.98 Å². The number of carbonyl (C=O) groups is 2. The van der Waals surface area contributed by atoms with Gasteiger partial charge in [0.15, 0.2) is 0 Å². The standard InChI is InChI=1S/C14H21N3O4/c1-9(8-12(19)20)7-11(18)16-13-10(17(2)3)5-6-15-14(13)21-4/h5-6,9H,7-8H2,1-4H3,(H,16,18)(H,19,20). The molecule has 7 heteroatoms. The van der Waals surface area contributed by atoms with Crippen molar-refractivity contribution >= 4 is 23.3 Å². The Balaban J connectivity index is 2.86. The van der Waals surface area contributed by atoms with Crippen LogP contribution in [0.1, 0.15) is 19.8 Å². The van der Waals surface area contributed by atoms with E-state index in [0.29, 0.717) is 11.6 Å². The highest BCUT2D eigenvalue weighted by molar-refractivity contribution is 5.96. The third-order valence-corrected chi connectivity index (χ3v) is 2.89. The molecule has 0 aliphatic rings. The van der Waals surface area contributed by atoms with Gasteiger partial charge in [0.2, 0.25) is 11.8 Å². The summed E-state index contributed by atoms with van der Waals surface area (Å²) < 4.78 is 5.16. The molecular formula is C14H21N3O4. The van der Waals surface area contributed by atoms with Crippen LogP contribution >= 0.6 is 0 Å². The number of carbonyl (C=O) groups excluding carboxylic acids is 1. The molecule has 1 aromatic heterocycles. The molecule has 0 aromatic carbocycles. The summed E-state index contributed by atoms with van der Waals surface area (Å²) >= 11 is 0. The van der Waals surface area contributed by atoms with E-state index in [1.54, 1.807) is 19.2 Å². The molecule has 21 heavy (non-hydrogen) atoms. The summed E-state index contributed by atoms with van der Waals surface area (Å²) in [5, 5.41) is 11.5. The maximum atomic E-state index is 12.0. The van der Waals surface area contributed by atoms with Gasteiger partial charge in [-0.1, -0.05) is 6.92 Å². The number of aromatic nitrogens is 1. The number of rotatable bonds is 7. The predicted octanol–water partition coefficient (Wildman–Crippen LogP) is 1.60. The number of amides is 1. The van der Waals surface area contributed by atoms with Gasteiger partial charge in [-0.3, -0.25) is 9.59 Å². The van der Waals surface area contributed by atoms with E-state index in [9.17, 15) is 9.59 Å². The van der Waals surface area contributed by atoms with Crippen LogP contribution in [-0.2, 0) is 9.59 Å². The van der Waals surface area contributed by atoms with Crippen molar-refractivity contribution in [2.24, 2.45) is 5.92 Å². The zero-order valence-electron chi connectivity index (χ0n) is 12.7.